The van der Waals surface area contributed by atoms with Crippen molar-refractivity contribution in [2.45, 2.75) is 25.6 Å². The molecule has 0 bridgehead atoms. The van der Waals surface area contributed by atoms with E-state index < -0.39 is 17.3 Å². The lowest BCUT2D eigenvalue weighted by molar-refractivity contribution is -0.136. The maximum atomic E-state index is 13.2. The van der Waals surface area contributed by atoms with Crippen molar-refractivity contribution < 1.29 is 17.6 Å². The van der Waals surface area contributed by atoms with E-state index in [4.69, 9.17) is 4.42 Å². The van der Waals surface area contributed by atoms with Crippen LogP contribution in [0.25, 0.3) is 10.9 Å². The van der Waals surface area contributed by atoms with Crippen LogP contribution in [0.2, 0.25) is 0 Å². The average Bonchev–Trinajstić information content (AvgIpc) is 3.05. The Bertz CT molecular complexity index is 898. The van der Waals surface area contributed by atoms with E-state index in [0.29, 0.717) is 11.8 Å². The largest absolute Gasteiger partial charge is 0.472 e. The highest BCUT2D eigenvalue weighted by Gasteiger charge is 2.33. The summed E-state index contributed by atoms with van der Waals surface area (Å²) in [6.07, 6.45) is -0.720. The van der Waals surface area contributed by atoms with Crippen LogP contribution in [0.15, 0.2) is 52.1 Å². The molecule has 0 amide bonds. The Morgan fingerprint density at radius 2 is 2.04 bits per heavy atom. The molecular weight excluding hydrogens is 321 g/mol. The van der Waals surface area contributed by atoms with Crippen molar-refractivity contribution in [3.8, 4) is 0 Å². The van der Waals surface area contributed by atoms with Gasteiger partial charge in [-0.05, 0) is 30.7 Å². The van der Waals surface area contributed by atoms with Gasteiger partial charge in [0, 0.05) is 28.2 Å². The molecule has 0 aliphatic rings. The molecule has 0 spiro atoms. The molecule has 1 unspecified atom stereocenters. The Balaban J connectivity index is 2.04. The fourth-order valence-corrected chi connectivity index (χ4v) is 2.67. The van der Waals surface area contributed by atoms with E-state index in [0.717, 1.165) is 12.0 Å². The molecule has 24 heavy (non-hydrogen) atoms. The molecule has 2 N–H and O–H groups in total. The summed E-state index contributed by atoms with van der Waals surface area (Å²) in [5.41, 5.74) is -0.124. The third-order valence-corrected chi connectivity index (χ3v) is 3.84. The first-order chi connectivity index (χ1) is 11.4. The van der Waals surface area contributed by atoms with Crippen LogP contribution in [-0.2, 0) is 6.18 Å². The number of rotatable bonds is 4. The van der Waals surface area contributed by atoms with Gasteiger partial charge in [-0.1, -0.05) is 6.92 Å². The zero-order chi connectivity index (χ0) is 17.3. The van der Waals surface area contributed by atoms with Crippen molar-refractivity contribution >= 4 is 16.6 Å². The van der Waals surface area contributed by atoms with Crippen molar-refractivity contribution in [3.05, 3.63) is 64.3 Å². The normalized spacial score (nSPS) is 13.2. The van der Waals surface area contributed by atoms with Crippen LogP contribution in [0, 0.1) is 0 Å². The predicted molar refractivity (Wildman–Crippen MR) is 84.9 cm³/mol. The molecule has 3 aromatic rings. The molecule has 0 fully saturated rings. The number of benzene rings is 1. The summed E-state index contributed by atoms with van der Waals surface area (Å²) >= 11 is 0. The zero-order valence-electron chi connectivity index (χ0n) is 12.8. The summed E-state index contributed by atoms with van der Waals surface area (Å²) < 4.78 is 44.6. The van der Waals surface area contributed by atoms with Crippen LogP contribution in [-0.4, -0.2) is 4.98 Å². The van der Waals surface area contributed by atoms with Gasteiger partial charge in [-0.15, -0.1) is 0 Å². The van der Waals surface area contributed by atoms with Gasteiger partial charge in [0.2, 0.25) is 5.56 Å². The van der Waals surface area contributed by atoms with E-state index in [9.17, 15) is 18.0 Å². The molecule has 0 aliphatic carbocycles. The monoisotopic (exact) mass is 336 g/mol. The van der Waals surface area contributed by atoms with E-state index in [-0.39, 0.29) is 16.9 Å². The molecule has 3 rings (SSSR count). The summed E-state index contributed by atoms with van der Waals surface area (Å²) in [5, 5.41) is 3.15. The number of furan rings is 1. The number of pyridine rings is 1. The van der Waals surface area contributed by atoms with Gasteiger partial charge in [-0.2, -0.15) is 13.2 Å². The average molecular weight is 336 g/mol. The highest BCUT2D eigenvalue weighted by atomic mass is 19.4. The van der Waals surface area contributed by atoms with Gasteiger partial charge in [0.25, 0.3) is 0 Å². The maximum absolute atomic E-state index is 13.2. The minimum atomic E-state index is -4.60. The number of alkyl halides is 3. The summed E-state index contributed by atoms with van der Waals surface area (Å²) in [6.45, 7) is 1.96. The van der Waals surface area contributed by atoms with E-state index in [1.54, 1.807) is 24.7 Å². The Morgan fingerprint density at radius 3 is 2.67 bits per heavy atom. The molecule has 2 aromatic heterocycles. The summed E-state index contributed by atoms with van der Waals surface area (Å²) in [5.74, 6) is 0. The zero-order valence-corrected chi connectivity index (χ0v) is 12.8. The number of anilines is 1. The molecule has 1 aromatic carbocycles. The highest BCUT2D eigenvalue weighted by Crippen LogP contribution is 2.34. The molecule has 0 radical (unpaired) electrons. The topological polar surface area (TPSA) is 58.0 Å². The Labute approximate surface area is 135 Å². The Kier molecular flexibility index (Phi) is 4.09. The first-order valence-corrected chi connectivity index (χ1v) is 7.41. The molecule has 0 saturated heterocycles. The van der Waals surface area contributed by atoms with Crippen LogP contribution in [0.1, 0.15) is 30.5 Å². The summed E-state index contributed by atoms with van der Waals surface area (Å²) in [6, 6.07) is 6.81. The first kappa shape index (κ1) is 16.2. The number of aromatic nitrogens is 1. The minimum absolute atomic E-state index is 0.0471. The highest BCUT2D eigenvalue weighted by molar-refractivity contribution is 5.86. The number of halogens is 3. The molecule has 1 atom stereocenters. The molecule has 0 aliphatic heterocycles. The van der Waals surface area contributed by atoms with Gasteiger partial charge in [-0.3, -0.25) is 4.79 Å². The maximum Gasteiger partial charge on any atom is 0.417 e. The van der Waals surface area contributed by atoms with Gasteiger partial charge < -0.3 is 14.7 Å². The van der Waals surface area contributed by atoms with Crippen molar-refractivity contribution in [1.82, 2.24) is 4.98 Å². The summed E-state index contributed by atoms with van der Waals surface area (Å²) in [4.78, 5) is 13.9. The predicted octanol–water partition coefficient (Wildman–Crippen LogP) is 4.70. The third-order valence-electron chi connectivity index (χ3n) is 3.84. The summed E-state index contributed by atoms with van der Waals surface area (Å²) in [7, 11) is 0. The van der Waals surface area contributed by atoms with Crippen LogP contribution >= 0.6 is 0 Å². The van der Waals surface area contributed by atoms with E-state index >= 15 is 0 Å². The van der Waals surface area contributed by atoms with Gasteiger partial charge in [0.1, 0.15) is 0 Å². The van der Waals surface area contributed by atoms with Gasteiger partial charge in [0.15, 0.2) is 0 Å². The fourth-order valence-electron chi connectivity index (χ4n) is 2.67. The minimum Gasteiger partial charge on any atom is -0.472 e. The lowest BCUT2D eigenvalue weighted by atomic mass is 10.1. The fraction of sp³-hybridized carbons (Fsp3) is 0.235. The van der Waals surface area contributed by atoms with Crippen LogP contribution in [0.4, 0.5) is 18.9 Å². The second kappa shape index (κ2) is 6.07. The quantitative estimate of drug-likeness (QED) is 0.726. The van der Waals surface area contributed by atoms with E-state index in [1.807, 2.05) is 6.92 Å². The molecular formula is C17H15F3N2O2. The number of nitrogens with one attached hydrogen (secondary N) is 2. The Hall–Kier alpha value is -2.70. The smallest absolute Gasteiger partial charge is 0.417 e. The molecule has 7 heteroatoms. The molecule has 0 saturated carbocycles. The van der Waals surface area contributed by atoms with Gasteiger partial charge in [0.05, 0.1) is 24.1 Å². The first-order valence-electron chi connectivity index (χ1n) is 7.41. The molecule has 4 nitrogen and oxygen atoms in total. The lowest BCUT2D eigenvalue weighted by Gasteiger charge is -2.18. The lowest BCUT2D eigenvalue weighted by Crippen LogP contribution is -2.14. The van der Waals surface area contributed by atoms with Gasteiger partial charge in [-0.25, -0.2) is 0 Å². The second-order valence-corrected chi connectivity index (χ2v) is 5.47. The van der Waals surface area contributed by atoms with Crippen LogP contribution in [0.3, 0.4) is 0 Å². The SMILES string of the molecule is CCC(Nc1ccc2[nH]c(=O)cc(C(F)(F)F)c2c1)c1ccoc1. The van der Waals surface area contributed by atoms with Gasteiger partial charge >= 0.3 is 6.18 Å². The second-order valence-electron chi connectivity index (χ2n) is 5.47. The standard InChI is InChI=1S/C17H15F3N2O2/c1-2-14(10-5-6-24-9-10)21-11-3-4-15-12(7-11)13(17(18,19)20)8-16(23)22-15/h3-9,14,21H,2H2,1H3,(H,22,23). The number of H-pyrrole nitrogens is 1. The molecule has 126 valence electrons. The Morgan fingerprint density at radius 1 is 1.25 bits per heavy atom. The number of hydrogen-bond donors (Lipinski definition) is 2. The van der Waals surface area contributed by atoms with Crippen molar-refractivity contribution in [3.63, 3.8) is 0 Å². The molecule has 2 heterocycles. The van der Waals surface area contributed by atoms with Crippen LogP contribution in [0.5, 0.6) is 0 Å². The van der Waals surface area contributed by atoms with Crippen molar-refractivity contribution in [2.75, 3.05) is 5.32 Å². The van der Waals surface area contributed by atoms with E-state index in [2.05, 4.69) is 10.3 Å². The van der Waals surface area contributed by atoms with Crippen molar-refractivity contribution in [1.29, 1.82) is 0 Å². The van der Waals surface area contributed by atoms with Crippen molar-refractivity contribution in [2.24, 2.45) is 0 Å². The number of aromatic amines is 1. The number of fused-ring (bicyclic) bond motifs is 1. The third kappa shape index (κ3) is 3.15. The van der Waals surface area contributed by atoms with Crippen LogP contribution < -0.4 is 10.9 Å². The number of hydrogen-bond acceptors (Lipinski definition) is 3. The van der Waals surface area contributed by atoms with E-state index in [1.165, 1.54) is 12.1 Å².